The zero-order valence-corrected chi connectivity index (χ0v) is 17.9. The summed E-state index contributed by atoms with van der Waals surface area (Å²) in [5.74, 6) is 2.33. The third-order valence-electron chi connectivity index (χ3n) is 5.13. The smallest absolute Gasteiger partial charge is 0.229 e. The van der Waals surface area contributed by atoms with Gasteiger partial charge in [0.25, 0.3) is 0 Å². The summed E-state index contributed by atoms with van der Waals surface area (Å²) in [6.45, 7) is 2.71. The van der Waals surface area contributed by atoms with Crippen molar-refractivity contribution in [3.8, 4) is 16.9 Å². The normalized spacial score (nSPS) is 18.7. The fourth-order valence-electron chi connectivity index (χ4n) is 3.50. The van der Waals surface area contributed by atoms with Crippen molar-refractivity contribution in [1.82, 2.24) is 9.97 Å². The monoisotopic (exact) mass is 423 g/mol. The second-order valence-electron chi connectivity index (χ2n) is 7.30. The Morgan fingerprint density at radius 2 is 2.00 bits per heavy atom. The van der Waals surface area contributed by atoms with Crippen molar-refractivity contribution in [2.45, 2.75) is 24.7 Å². The lowest BCUT2D eigenvalue weighted by Gasteiger charge is -2.15. The molecule has 4 bridgehead atoms. The molecular weight excluding hydrogens is 398 g/mol. The first-order valence-corrected chi connectivity index (χ1v) is 11.6. The maximum absolute atomic E-state index is 12.8. The Morgan fingerprint density at radius 3 is 2.80 bits per heavy atom. The fourth-order valence-corrected chi connectivity index (χ4v) is 4.96. The number of nitrogens with zero attached hydrogens (tertiary/aromatic N) is 2. The molecule has 156 valence electrons. The summed E-state index contributed by atoms with van der Waals surface area (Å²) in [6, 6.07) is 13.1. The molecule has 1 aromatic heterocycles. The Bertz CT molecular complexity index is 1180. The maximum atomic E-state index is 12.8. The fraction of sp³-hybridized carbons (Fsp3) is 0.273. The van der Waals surface area contributed by atoms with Gasteiger partial charge < -0.3 is 15.4 Å². The van der Waals surface area contributed by atoms with E-state index in [9.17, 15) is 4.21 Å². The molecule has 4 rings (SSSR count). The van der Waals surface area contributed by atoms with Crippen LogP contribution in [0, 0.1) is 11.7 Å². The van der Waals surface area contributed by atoms with Crippen LogP contribution in [0.1, 0.15) is 18.4 Å². The second-order valence-corrected chi connectivity index (χ2v) is 9.53. The number of ether oxygens (including phenoxy) is 1. The molecule has 0 radical (unpaired) electrons. The van der Waals surface area contributed by atoms with E-state index in [0.717, 1.165) is 34.7 Å². The largest absolute Gasteiger partial charge is 0.497 e. The van der Waals surface area contributed by atoms with Crippen LogP contribution >= 0.6 is 0 Å². The van der Waals surface area contributed by atoms with E-state index in [1.54, 1.807) is 25.3 Å². The van der Waals surface area contributed by atoms with Gasteiger partial charge in [0.1, 0.15) is 11.6 Å². The molecule has 0 amide bonds. The molecule has 3 N–H and O–H groups in total. The van der Waals surface area contributed by atoms with Crippen molar-refractivity contribution >= 4 is 27.2 Å². The van der Waals surface area contributed by atoms with E-state index in [2.05, 4.69) is 15.6 Å². The molecule has 30 heavy (non-hydrogen) atoms. The summed E-state index contributed by atoms with van der Waals surface area (Å²) < 4.78 is 26.4. The highest BCUT2D eigenvalue weighted by Gasteiger charge is 2.15. The van der Waals surface area contributed by atoms with Crippen molar-refractivity contribution in [3.05, 3.63) is 54.2 Å². The van der Waals surface area contributed by atoms with Gasteiger partial charge in [-0.25, -0.2) is 14.0 Å². The molecular formula is C22H25N5O2S. The summed E-state index contributed by atoms with van der Waals surface area (Å²) in [7, 11) is -1.16. The van der Waals surface area contributed by atoms with E-state index >= 15 is 0 Å². The highest BCUT2D eigenvalue weighted by molar-refractivity contribution is 7.92. The molecule has 7 nitrogen and oxygen atoms in total. The van der Waals surface area contributed by atoms with Crippen LogP contribution in [0.25, 0.3) is 11.1 Å². The number of rotatable bonds is 2. The molecule has 0 fully saturated rings. The predicted molar refractivity (Wildman–Crippen MR) is 120 cm³/mol. The van der Waals surface area contributed by atoms with E-state index in [0.29, 0.717) is 35.2 Å². The molecule has 1 unspecified atom stereocenters. The standard InChI is InChI=1S/C22H25N5O2S/c1-15-12-17(29-2)8-9-19(15)20-14-25-22-26-16-6-5-7-18(13-16)30(23,28)11-4-3-10-24-21(20)27-22/h5-9,12-14,23H,3-4,10-11H2,1-2H3,(H2,24,25,26,27). The van der Waals surface area contributed by atoms with Crippen LogP contribution in [0.4, 0.5) is 17.5 Å². The average molecular weight is 424 g/mol. The number of fused-ring (bicyclic) bond motifs is 4. The minimum Gasteiger partial charge on any atom is -0.497 e. The Morgan fingerprint density at radius 1 is 1.13 bits per heavy atom. The number of methoxy groups -OCH3 is 1. The maximum Gasteiger partial charge on any atom is 0.229 e. The van der Waals surface area contributed by atoms with Gasteiger partial charge in [0.15, 0.2) is 0 Å². The molecule has 0 saturated heterocycles. The number of nitrogens with one attached hydrogen (secondary N) is 3. The first kappa shape index (κ1) is 20.2. The van der Waals surface area contributed by atoms with E-state index in [1.807, 2.05) is 37.4 Å². The molecule has 1 aliphatic rings. The lowest BCUT2D eigenvalue weighted by atomic mass is 10.0. The Labute approximate surface area is 176 Å². The first-order valence-electron chi connectivity index (χ1n) is 9.86. The van der Waals surface area contributed by atoms with Gasteiger partial charge in [-0.3, -0.25) is 0 Å². The SMILES string of the molecule is COc1ccc(-c2cnc3nc2NCCCCS(=N)(=O)c2cccc(c2)N3)c(C)c1. The average Bonchev–Trinajstić information content (AvgIpc) is 2.74. The number of benzene rings is 2. The third kappa shape index (κ3) is 4.23. The molecule has 0 aliphatic carbocycles. The van der Waals surface area contributed by atoms with Crippen LogP contribution in [-0.2, 0) is 9.73 Å². The van der Waals surface area contributed by atoms with Gasteiger partial charge in [-0.15, -0.1) is 0 Å². The van der Waals surface area contributed by atoms with Gasteiger partial charge in [-0.05, 0) is 61.2 Å². The molecule has 2 heterocycles. The van der Waals surface area contributed by atoms with Crippen molar-refractivity contribution in [1.29, 1.82) is 4.78 Å². The molecule has 8 heteroatoms. The lowest BCUT2D eigenvalue weighted by molar-refractivity contribution is 0.414. The minimum atomic E-state index is -2.82. The number of aromatic nitrogens is 2. The Kier molecular flexibility index (Phi) is 5.59. The highest BCUT2D eigenvalue weighted by Crippen LogP contribution is 2.32. The van der Waals surface area contributed by atoms with Gasteiger partial charge in [0.2, 0.25) is 5.95 Å². The van der Waals surface area contributed by atoms with Crippen molar-refractivity contribution in [2.75, 3.05) is 30.0 Å². The van der Waals surface area contributed by atoms with Crippen molar-refractivity contribution in [3.63, 3.8) is 0 Å². The van der Waals surface area contributed by atoms with Crippen LogP contribution in [0.15, 0.2) is 53.6 Å². The number of anilines is 3. The van der Waals surface area contributed by atoms with Gasteiger partial charge >= 0.3 is 0 Å². The number of aryl methyl sites for hydroxylation is 1. The topological polar surface area (TPSA) is 100.0 Å². The summed E-state index contributed by atoms with van der Waals surface area (Å²) >= 11 is 0. The lowest BCUT2D eigenvalue weighted by Crippen LogP contribution is -2.09. The molecule has 0 saturated carbocycles. The molecule has 0 spiro atoms. The van der Waals surface area contributed by atoms with E-state index in [1.165, 1.54) is 0 Å². The summed E-state index contributed by atoms with van der Waals surface area (Å²) in [6.07, 6.45) is 3.30. The van der Waals surface area contributed by atoms with Crippen LogP contribution in [-0.4, -0.2) is 33.6 Å². The summed E-state index contributed by atoms with van der Waals surface area (Å²) in [5.41, 5.74) is 3.73. The molecule has 2 aromatic carbocycles. The predicted octanol–water partition coefficient (Wildman–Crippen LogP) is 4.82. The Hall–Kier alpha value is -3.13. The molecule has 1 aliphatic heterocycles. The van der Waals surface area contributed by atoms with Crippen LogP contribution in [0.5, 0.6) is 5.75 Å². The quantitative estimate of drug-likeness (QED) is 0.547. The first-order chi connectivity index (χ1) is 14.5. The summed E-state index contributed by atoms with van der Waals surface area (Å²) in [4.78, 5) is 9.73. The highest BCUT2D eigenvalue weighted by atomic mass is 32.2. The van der Waals surface area contributed by atoms with Crippen LogP contribution < -0.4 is 15.4 Å². The summed E-state index contributed by atoms with van der Waals surface area (Å²) in [5, 5.41) is 6.58. The van der Waals surface area contributed by atoms with E-state index in [4.69, 9.17) is 14.5 Å². The van der Waals surface area contributed by atoms with Crippen molar-refractivity contribution < 1.29 is 8.95 Å². The molecule has 3 aromatic rings. The van der Waals surface area contributed by atoms with Gasteiger partial charge in [0, 0.05) is 34.6 Å². The van der Waals surface area contributed by atoms with Gasteiger partial charge in [0.05, 0.1) is 16.8 Å². The van der Waals surface area contributed by atoms with Crippen molar-refractivity contribution in [2.24, 2.45) is 0 Å². The van der Waals surface area contributed by atoms with Gasteiger partial charge in [-0.1, -0.05) is 12.1 Å². The zero-order valence-electron chi connectivity index (χ0n) is 17.1. The molecule has 1 atom stereocenters. The second kappa shape index (κ2) is 8.31. The van der Waals surface area contributed by atoms with E-state index < -0.39 is 9.73 Å². The van der Waals surface area contributed by atoms with Gasteiger partial charge in [-0.2, -0.15) is 4.98 Å². The van der Waals surface area contributed by atoms with E-state index in [-0.39, 0.29) is 0 Å². The van der Waals surface area contributed by atoms with Crippen LogP contribution in [0.3, 0.4) is 0 Å². The minimum absolute atomic E-state index is 0.339. The third-order valence-corrected chi connectivity index (χ3v) is 7.01. The number of hydrogen-bond acceptors (Lipinski definition) is 7. The Balaban J connectivity index is 1.75. The number of hydrogen-bond donors (Lipinski definition) is 3. The van der Waals surface area contributed by atoms with Crippen LogP contribution in [0.2, 0.25) is 0 Å². The zero-order chi connectivity index (χ0) is 21.1.